The minimum Gasteiger partial charge on any atom is -0.457 e. The molecule has 22 heavy (non-hydrogen) atoms. The maximum atomic E-state index is 13.3. The molecule has 0 aromatic heterocycles. The minimum absolute atomic E-state index is 0.135. The zero-order valence-corrected chi connectivity index (χ0v) is 12.0. The normalized spacial score (nSPS) is 16.4. The van der Waals surface area contributed by atoms with Crippen LogP contribution in [0.15, 0.2) is 30.3 Å². The molecule has 0 spiro atoms. The van der Waals surface area contributed by atoms with Gasteiger partial charge in [0, 0.05) is 22.7 Å². The molecule has 0 saturated carbocycles. The van der Waals surface area contributed by atoms with Gasteiger partial charge in [-0.15, -0.1) is 0 Å². The van der Waals surface area contributed by atoms with Gasteiger partial charge in [0.05, 0.1) is 16.6 Å². The van der Waals surface area contributed by atoms with Gasteiger partial charge in [-0.1, -0.05) is 11.6 Å². The van der Waals surface area contributed by atoms with Gasteiger partial charge in [0.15, 0.2) is 0 Å². The Hall–Kier alpha value is -2.18. The van der Waals surface area contributed by atoms with Crippen LogP contribution in [0.1, 0.15) is 23.7 Å². The summed E-state index contributed by atoms with van der Waals surface area (Å²) in [4.78, 5) is 10.5. The molecule has 1 atom stereocenters. The fraction of sp³-hybridized carbons (Fsp3) is 0.200. The SMILES string of the molecule is O=[N+]([O-])c1ccc(Oc2cc(F)cc(Cl)c2)c2c1C(O)CC2. The van der Waals surface area contributed by atoms with E-state index in [1.807, 2.05) is 0 Å². The smallest absolute Gasteiger partial charge is 0.275 e. The molecule has 7 heteroatoms. The van der Waals surface area contributed by atoms with Crippen molar-refractivity contribution in [2.24, 2.45) is 0 Å². The van der Waals surface area contributed by atoms with Crippen LogP contribution in [0.2, 0.25) is 5.02 Å². The Morgan fingerprint density at radius 3 is 2.82 bits per heavy atom. The van der Waals surface area contributed by atoms with Gasteiger partial charge in [-0.25, -0.2) is 4.39 Å². The van der Waals surface area contributed by atoms with E-state index >= 15 is 0 Å². The Balaban J connectivity index is 2.04. The molecule has 1 aliphatic rings. The molecule has 1 N–H and O–H groups in total. The van der Waals surface area contributed by atoms with Gasteiger partial charge in [0.1, 0.15) is 17.3 Å². The molecule has 5 nitrogen and oxygen atoms in total. The van der Waals surface area contributed by atoms with Crippen molar-refractivity contribution in [3.63, 3.8) is 0 Å². The lowest BCUT2D eigenvalue weighted by Crippen LogP contribution is -2.00. The number of rotatable bonds is 3. The van der Waals surface area contributed by atoms with Crippen LogP contribution in [0, 0.1) is 15.9 Å². The molecular formula is C15H11ClFNO4. The summed E-state index contributed by atoms with van der Waals surface area (Å²) in [5.41, 5.74) is 0.705. The first kappa shape index (κ1) is 14.7. The highest BCUT2D eigenvalue weighted by Gasteiger charge is 2.32. The summed E-state index contributed by atoms with van der Waals surface area (Å²) in [5, 5.41) is 21.2. The van der Waals surface area contributed by atoms with E-state index in [1.54, 1.807) is 0 Å². The molecular weight excluding hydrogens is 313 g/mol. The summed E-state index contributed by atoms with van der Waals surface area (Å²) < 4.78 is 19.0. The number of hydrogen-bond acceptors (Lipinski definition) is 4. The van der Waals surface area contributed by atoms with Gasteiger partial charge in [-0.05, 0) is 31.0 Å². The summed E-state index contributed by atoms with van der Waals surface area (Å²) >= 11 is 5.77. The number of fused-ring (bicyclic) bond motifs is 1. The van der Waals surface area contributed by atoms with Gasteiger partial charge in [-0.3, -0.25) is 10.1 Å². The molecule has 0 bridgehead atoms. The molecule has 1 aliphatic carbocycles. The molecule has 2 aromatic rings. The lowest BCUT2D eigenvalue weighted by Gasteiger charge is -2.12. The van der Waals surface area contributed by atoms with E-state index in [0.29, 0.717) is 24.2 Å². The van der Waals surface area contributed by atoms with E-state index in [0.717, 1.165) is 6.07 Å². The fourth-order valence-corrected chi connectivity index (χ4v) is 2.87. The zero-order valence-electron chi connectivity index (χ0n) is 11.3. The number of halogens is 2. The molecule has 114 valence electrons. The Morgan fingerprint density at radius 1 is 1.36 bits per heavy atom. The van der Waals surface area contributed by atoms with Crippen LogP contribution in [-0.2, 0) is 6.42 Å². The Morgan fingerprint density at radius 2 is 2.14 bits per heavy atom. The third-order valence-electron chi connectivity index (χ3n) is 3.55. The van der Waals surface area contributed by atoms with Crippen LogP contribution < -0.4 is 4.74 Å². The minimum atomic E-state index is -0.893. The van der Waals surface area contributed by atoms with Crippen molar-refractivity contribution < 1.29 is 19.2 Å². The van der Waals surface area contributed by atoms with Gasteiger partial charge >= 0.3 is 0 Å². The van der Waals surface area contributed by atoms with Crippen LogP contribution in [0.3, 0.4) is 0 Å². The number of nitrogens with zero attached hydrogens (tertiary/aromatic N) is 1. The first-order valence-corrected chi connectivity index (χ1v) is 6.95. The number of aliphatic hydroxyl groups excluding tert-OH is 1. The third kappa shape index (κ3) is 2.63. The number of hydrogen-bond donors (Lipinski definition) is 1. The van der Waals surface area contributed by atoms with Crippen LogP contribution in [0.4, 0.5) is 10.1 Å². The largest absolute Gasteiger partial charge is 0.457 e. The number of nitro groups is 1. The predicted molar refractivity (Wildman–Crippen MR) is 77.9 cm³/mol. The Labute approximate surface area is 130 Å². The van der Waals surface area contributed by atoms with E-state index in [4.69, 9.17) is 16.3 Å². The maximum absolute atomic E-state index is 13.3. The number of aliphatic hydroxyl groups is 1. The van der Waals surface area contributed by atoms with Crippen molar-refractivity contribution in [1.29, 1.82) is 0 Å². The van der Waals surface area contributed by atoms with Crippen LogP contribution in [0.25, 0.3) is 0 Å². The van der Waals surface area contributed by atoms with Crippen molar-refractivity contribution in [3.05, 3.63) is 62.4 Å². The van der Waals surface area contributed by atoms with Crippen LogP contribution in [0.5, 0.6) is 11.5 Å². The van der Waals surface area contributed by atoms with Crippen molar-refractivity contribution in [2.75, 3.05) is 0 Å². The average Bonchev–Trinajstić information content (AvgIpc) is 2.80. The lowest BCUT2D eigenvalue weighted by atomic mass is 10.1. The summed E-state index contributed by atoms with van der Waals surface area (Å²) in [6.07, 6.45) is -0.0492. The van der Waals surface area contributed by atoms with Crippen molar-refractivity contribution in [2.45, 2.75) is 18.9 Å². The fourth-order valence-electron chi connectivity index (χ4n) is 2.66. The van der Waals surface area contributed by atoms with E-state index in [2.05, 4.69) is 0 Å². The van der Waals surface area contributed by atoms with Crippen LogP contribution in [-0.4, -0.2) is 10.0 Å². The molecule has 0 radical (unpaired) electrons. The monoisotopic (exact) mass is 323 g/mol. The predicted octanol–water partition coefficient (Wildman–Crippen LogP) is 4.16. The highest BCUT2D eigenvalue weighted by atomic mass is 35.5. The molecule has 1 unspecified atom stereocenters. The summed E-state index contributed by atoms with van der Waals surface area (Å²) in [5.74, 6) is 0.0161. The summed E-state index contributed by atoms with van der Waals surface area (Å²) in [6, 6.07) is 6.50. The van der Waals surface area contributed by atoms with E-state index in [1.165, 1.54) is 24.3 Å². The molecule has 0 saturated heterocycles. The van der Waals surface area contributed by atoms with Gasteiger partial charge in [0.25, 0.3) is 5.69 Å². The molecule has 0 amide bonds. The van der Waals surface area contributed by atoms with Crippen molar-refractivity contribution >= 4 is 17.3 Å². The second kappa shape index (κ2) is 5.55. The first-order valence-electron chi connectivity index (χ1n) is 6.58. The third-order valence-corrected chi connectivity index (χ3v) is 3.77. The maximum Gasteiger partial charge on any atom is 0.275 e. The second-order valence-corrected chi connectivity index (χ2v) is 5.43. The molecule has 2 aromatic carbocycles. The Kier molecular flexibility index (Phi) is 3.72. The highest BCUT2D eigenvalue weighted by Crippen LogP contribution is 2.43. The lowest BCUT2D eigenvalue weighted by molar-refractivity contribution is -0.386. The van der Waals surface area contributed by atoms with E-state index < -0.39 is 16.8 Å². The molecule has 0 heterocycles. The molecule has 0 aliphatic heterocycles. The van der Waals surface area contributed by atoms with Crippen molar-refractivity contribution in [3.8, 4) is 11.5 Å². The quantitative estimate of drug-likeness (QED) is 0.680. The van der Waals surface area contributed by atoms with Gasteiger partial charge < -0.3 is 9.84 Å². The topological polar surface area (TPSA) is 72.6 Å². The average molecular weight is 324 g/mol. The highest BCUT2D eigenvalue weighted by molar-refractivity contribution is 6.30. The number of nitro benzene ring substituents is 1. The summed E-state index contributed by atoms with van der Waals surface area (Å²) in [7, 11) is 0. The standard InChI is InChI=1S/C15H11ClFNO4/c16-8-5-9(17)7-10(6-8)22-14-4-2-12(18(20)21)15-11(14)1-3-13(15)19/h2,4-7,13,19H,1,3H2. The number of ether oxygens (including phenoxy) is 1. The van der Waals surface area contributed by atoms with Crippen molar-refractivity contribution in [1.82, 2.24) is 0 Å². The molecule has 3 rings (SSSR count). The zero-order chi connectivity index (χ0) is 15.9. The van der Waals surface area contributed by atoms with E-state index in [-0.39, 0.29) is 22.0 Å². The van der Waals surface area contributed by atoms with E-state index in [9.17, 15) is 19.6 Å². The van der Waals surface area contributed by atoms with Crippen LogP contribution >= 0.6 is 11.6 Å². The number of benzene rings is 2. The Bertz CT molecular complexity index is 745. The second-order valence-electron chi connectivity index (χ2n) is 4.99. The first-order chi connectivity index (χ1) is 10.5. The summed E-state index contributed by atoms with van der Waals surface area (Å²) in [6.45, 7) is 0. The molecule has 0 fully saturated rings. The van der Waals surface area contributed by atoms with Gasteiger partial charge in [-0.2, -0.15) is 0 Å². The van der Waals surface area contributed by atoms with Gasteiger partial charge in [0.2, 0.25) is 0 Å².